The molecule has 4 heavy (non-hydrogen) atoms. The quantitative estimate of drug-likeness (QED) is 0.350. The van der Waals surface area contributed by atoms with Crippen molar-refractivity contribution in [3.8, 4) is 0 Å². The zero-order chi connectivity index (χ0) is 2.00. The summed E-state index contributed by atoms with van der Waals surface area (Å²) >= 11 is 0. The summed E-state index contributed by atoms with van der Waals surface area (Å²) in [5, 5.41) is 6.25. The molecule has 0 aliphatic heterocycles. The molecule has 0 aliphatic rings. The second-order valence-corrected chi connectivity index (χ2v) is 0. The Morgan fingerprint density at radius 1 is 1.25 bits per heavy atom. The van der Waals surface area contributed by atoms with Gasteiger partial charge >= 0.3 is 0 Å². The van der Waals surface area contributed by atoms with Crippen molar-refractivity contribution in [2.24, 2.45) is 0 Å². The van der Waals surface area contributed by atoms with Crippen molar-refractivity contribution < 1.29 is 34.1 Å². The summed E-state index contributed by atoms with van der Waals surface area (Å²) in [7, 11) is 0. The van der Waals surface area contributed by atoms with Crippen molar-refractivity contribution in [2.45, 2.75) is 0 Å². The third-order valence-electron chi connectivity index (χ3n) is 0. The predicted molar refractivity (Wildman–Crippen MR) is 4.97 cm³/mol. The second kappa shape index (κ2) is 80.7. The Morgan fingerprint density at radius 3 is 1.25 bits per heavy atom. The molecule has 0 amide bonds. The Kier molecular flexibility index (Phi) is 487. The van der Waals surface area contributed by atoms with Crippen molar-refractivity contribution in [3.05, 3.63) is 6.57 Å². The van der Waals surface area contributed by atoms with Crippen molar-refractivity contribution in [3.63, 3.8) is 0 Å². The van der Waals surface area contributed by atoms with Gasteiger partial charge in [0, 0.05) is 34.1 Å². The van der Waals surface area contributed by atoms with E-state index in [1.807, 2.05) is 0 Å². The first-order chi connectivity index (χ1) is 1.00. The zero-order valence-electron chi connectivity index (χ0n) is 1.60. The Balaban J connectivity index is -0.00000000500. The Labute approximate surface area is 46.3 Å². The van der Waals surface area contributed by atoms with Gasteiger partial charge in [0.1, 0.15) is 0 Å². The summed E-state index contributed by atoms with van der Waals surface area (Å²) in [6, 6.07) is 0. The van der Waals surface area contributed by atoms with E-state index >= 15 is 0 Å². The van der Waals surface area contributed by atoms with Crippen LogP contribution < -0.4 is 0 Å². The van der Waals surface area contributed by atoms with Crippen molar-refractivity contribution in [2.75, 3.05) is 0 Å². The van der Waals surface area contributed by atoms with Gasteiger partial charge in [-0.3, -0.25) is 0 Å². The Hall–Kier alpha value is 0.529. The molecule has 0 aliphatic carbocycles. The standard InChI is InChI=1S/CN.Cu.Fe/c1-2;;/q-1;;. The fourth-order valence-electron chi connectivity index (χ4n) is 0. The van der Waals surface area contributed by atoms with Crippen LogP contribution >= 0.6 is 0 Å². The van der Waals surface area contributed by atoms with Gasteiger partial charge in [-0.1, -0.05) is 0 Å². The molecular formula is CCuFeN-. The van der Waals surface area contributed by atoms with Crippen molar-refractivity contribution >= 4 is 0 Å². The molecule has 0 bridgehead atoms. The zero-order valence-corrected chi connectivity index (χ0v) is 3.65. The van der Waals surface area contributed by atoms with Crippen molar-refractivity contribution in [1.29, 1.82) is 5.26 Å². The monoisotopic (exact) mass is 145 g/mol. The average molecular weight is 145 g/mol. The molecule has 0 rings (SSSR count). The third-order valence-corrected chi connectivity index (χ3v) is 0. The molecule has 1 radical (unpaired) electrons. The fourth-order valence-corrected chi connectivity index (χ4v) is 0. The summed E-state index contributed by atoms with van der Waals surface area (Å²) in [6.45, 7) is 4.75. The Morgan fingerprint density at radius 2 is 1.25 bits per heavy atom. The minimum absolute atomic E-state index is 0. The maximum atomic E-state index is 6.25. The van der Waals surface area contributed by atoms with E-state index in [0.717, 1.165) is 0 Å². The topological polar surface area (TPSA) is 23.8 Å². The fraction of sp³-hybridized carbons (Fsp3) is 0. The van der Waals surface area contributed by atoms with E-state index in [2.05, 4.69) is 0 Å². The molecule has 0 N–H and O–H groups in total. The second-order valence-electron chi connectivity index (χ2n) is 0. The van der Waals surface area contributed by atoms with E-state index < -0.39 is 0 Å². The van der Waals surface area contributed by atoms with Crippen LogP contribution in [-0.4, -0.2) is 0 Å². The first-order valence-electron chi connectivity index (χ1n) is 0.224. The van der Waals surface area contributed by atoms with Gasteiger partial charge in [-0.05, 0) is 0 Å². The van der Waals surface area contributed by atoms with Gasteiger partial charge in [0.15, 0.2) is 0 Å². The van der Waals surface area contributed by atoms with E-state index in [9.17, 15) is 0 Å². The van der Waals surface area contributed by atoms with Crippen LogP contribution in [0.1, 0.15) is 0 Å². The molecule has 0 fully saturated rings. The van der Waals surface area contributed by atoms with Crippen LogP contribution in [0.5, 0.6) is 0 Å². The van der Waals surface area contributed by atoms with E-state index in [-0.39, 0.29) is 34.1 Å². The van der Waals surface area contributed by atoms with E-state index in [4.69, 9.17) is 11.8 Å². The number of hydrogen-bond acceptors (Lipinski definition) is 1. The van der Waals surface area contributed by atoms with Crippen LogP contribution in [0.25, 0.3) is 0 Å². The van der Waals surface area contributed by atoms with Gasteiger partial charge in [0.05, 0.1) is 0 Å². The van der Waals surface area contributed by atoms with Crippen molar-refractivity contribution in [1.82, 2.24) is 0 Å². The third kappa shape index (κ3) is 21.1. The van der Waals surface area contributed by atoms with Crippen LogP contribution in [-0.2, 0) is 34.1 Å². The van der Waals surface area contributed by atoms with Crippen LogP contribution in [0.4, 0.5) is 0 Å². The minimum atomic E-state index is 0. The Bertz CT molecular complexity index is 12.8. The van der Waals surface area contributed by atoms with Crippen LogP contribution in [0.2, 0.25) is 0 Å². The molecule has 0 aromatic carbocycles. The average Bonchev–Trinajstić information content (AvgIpc) is 1.00. The van der Waals surface area contributed by atoms with Gasteiger partial charge in [0.2, 0.25) is 0 Å². The molecular weight excluding hydrogens is 145 g/mol. The van der Waals surface area contributed by atoms with Crippen LogP contribution in [0.3, 0.4) is 0 Å². The molecule has 0 aromatic heterocycles. The summed E-state index contributed by atoms with van der Waals surface area (Å²) in [5.41, 5.74) is 0. The van der Waals surface area contributed by atoms with Crippen LogP contribution in [0, 0.1) is 11.8 Å². The van der Waals surface area contributed by atoms with Gasteiger partial charge in [0.25, 0.3) is 0 Å². The van der Waals surface area contributed by atoms with E-state index in [0.29, 0.717) is 0 Å². The molecule has 3 heteroatoms. The van der Waals surface area contributed by atoms with Gasteiger partial charge < -0.3 is 11.8 Å². The van der Waals surface area contributed by atoms with Gasteiger partial charge in [-0.25, -0.2) is 0 Å². The maximum absolute atomic E-state index is 6.25. The molecule has 1 nitrogen and oxygen atoms in total. The first kappa shape index (κ1) is 24.1. The molecule has 0 atom stereocenters. The van der Waals surface area contributed by atoms with E-state index in [1.165, 1.54) is 0 Å². The molecule has 0 unspecified atom stereocenters. The molecule has 0 heterocycles. The summed E-state index contributed by atoms with van der Waals surface area (Å²) in [4.78, 5) is 0. The van der Waals surface area contributed by atoms with Crippen LogP contribution in [0.15, 0.2) is 0 Å². The SMILES string of the molecule is [C-]#N.[Cu].[Fe]. The van der Waals surface area contributed by atoms with Gasteiger partial charge in [-0.2, -0.15) is 0 Å². The van der Waals surface area contributed by atoms with E-state index in [1.54, 1.807) is 0 Å². The minimum Gasteiger partial charge on any atom is -0.512 e. The summed E-state index contributed by atoms with van der Waals surface area (Å²) < 4.78 is 0. The summed E-state index contributed by atoms with van der Waals surface area (Å²) in [6.07, 6.45) is 0. The maximum Gasteiger partial charge on any atom is 0 e. The molecule has 0 saturated heterocycles. The molecule has 0 aromatic rings. The molecule has 0 saturated carbocycles. The molecule has 0 spiro atoms. The number of rotatable bonds is 0. The number of nitrogens with zero attached hydrogens (tertiary/aromatic N) is 1. The van der Waals surface area contributed by atoms with Gasteiger partial charge in [-0.15, -0.1) is 0 Å². The predicted octanol–water partition coefficient (Wildman–Crippen LogP) is 0.0914. The largest absolute Gasteiger partial charge is 0.512 e. The number of hydrogen-bond donors (Lipinski definition) is 0. The molecule has 29 valence electrons. The normalized spacial score (nSPS) is 0.500. The smallest absolute Gasteiger partial charge is 0 e. The first-order valence-corrected chi connectivity index (χ1v) is 0.224. The summed E-state index contributed by atoms with van der Waals surface area (Å²) in [5.74, 6) is 0.